The Bertz CT molecular complexity index is 1120. The van der Waals surface area contributed by atoms with Gasteiger partial charge in [0.25, 0.3) is 0 Å². The number of rotatable bonds is 6. The van der Waals surface area contributed by atoms with Crippen molar-refractivity contribution in [3.8, 4) is 11.5 Å². The molecule has 150 valence electrons. The zero-order chi connectivity index (χ0) is 20.9. The van der Waals surface area contributed by atoms with Gasteiger partial charge < -0.3 is 9.73 Å². The number of carbonyl (C=O) groups is 1. The molecule has 1 amide bonds. The maximum atomic E-state index is 12.9. The van der Waals surface area contributed by atoms with Gasteiger partial charge >= 0.3 is 0 Å². The SMILES string of the molecule is Cc1oc(-c2ccccc2)nc1CC(=O)NC(c1ccccc1)c1ccc(Cl)cc1. The van der Waals surface area contributed by atoms with Crippen molar-refractivity contribution in [3.05, 3.63) is 113 Å². The molecule has 0 aliphatic heterocycles. The molecule has 3 aromatic carbocycles. The van der Waals surface area contributed by atoms with Crippen molar-refractivity contribution in [2.45, 2.75) is 19.4 Å². The normalized spacial score (nSPS) is 11.8. The number of benzene rings is 3. The first-order valence-corrected chi connectivity index (χ1v) is 10.1. The van der Waals surface area contributed by atoms with Gasteiger partial charge in [-0.05, 0) is 42.3 Å². The van der Waals surface area contributed by atoms with Crippen molar-refractivity contribution >= 4 is 17.5 Å². The van der Waals surface area contributed by atoms with Crippen molar-refractivity contribution in [1.29, 1.82) is 0 Å². The minimum atomic E-state index is -0.281. The number of nitrogens with zero attached hydrogens (tertiary/aromatic N) is 1. The van der Waals surface area contributed by atoms with Crippen LogP contribution in [-0.4, -0.2) is 10.9 Å². The lowest BCUT2D eigenvalue weighted by Crippen LogP contribution is -2.30. The molecule has 0 fully saturated rings. The smallest absolute Gasteiger partial charge is 0.226 e. The molecule has 0 bridgehead atoms. The van der Waals surface area contributed by atoms with Crippen LogP contribution in [0.3, 0.4) is 0 Å². The molecule has 0 saturated heterocycles. The summed E-state index contributed by atoms with van der Waals surface area (Å²) >= 11 is 6.04. The Morgan fingerprint density at radius 2 is 1.53 bits per heavy atom. The van der Waals surface area contributed by atoms with Gasteiger partial charge in [-0.3, -0.25) is 4.79 Å². The lowest BCUT2D eigenvalue weighted by Gasteiger charge is -2.20. The van der Waals surface area contributed by atoms with Gasteiger partial charge in [-0.2, -0.15) is 0 Å². The molecule has 4 aromatic rings. The van der Waals surface area contributed by atoms with Crippen LogP contribution in [0.4, 0.5) is 0 Å². The lowest BCUT2D eigenvalue weighted by atomic mass is 9.98. The summed E-state index contributed by atoms with van der Waals surface area (Å²) in [5, 5.41) is 3.79. The molecular formula is C25H21ClN2O2. The largest absolute Gasteiger partial charge is 0.441 e. The Labute approximate surface area is 180 Å². The third-order valence-corrected chi connectivity index (χ3v) is 5.13. The first-order valence-electron chi connectivity index (χ1n) is 9.71. The van der Waals surface area contributed by atoms with Gasteiger partial charge in [0.05, 0.1) is 18.2 Å². The number of hydrogen-bond donors (Lipinski definition) is 1. The van der Waals surface area contributed by atoms with E-state index in [0.29, 0.717) is 22.4 Å². The molecule has 30 heavy (non-hydrogen) atoms. The highest BCUT2D eigenvalue weighted by atomic mass is 35.5. The highest BCUT2D eigenvalue weighted by Gasteiger charge is 2.20. The Balaban J connectivity index is 1.55. The molecular weight excluding hydrogens is 396 g/mol. The van der Waals surface area contributed by atoms with Crippen LogP contribution >= 0.6 is 11.6 Å². The standard InChI is InChI=1S/C25H21ClN2O2/c1-17-22(27-25(30-17)20-10-6-3-7-11-20)16-23(29)28-24(18-8-4-2-5-9-18)19-12-14-21(26)15-13-19/h2-15,24H,16H2,1H3,(H,28,29). The first-order chi connectivity index (χ1) is 14.6. The maximum Gasteiger partial charge on any atom is 0.226 e. The van der Waals surface area contributed by atoms with Crippen LogP contribution in [0.15, 0.2) is 89.3 Å². The number of aryl methyl sites for hydroxylation is 1. The Kier molecular flexibility index (Phi) is 5.96. The van der Waals surface area contributed by atoms with Gasteiger partial charge in [0.2, 0.25) is 11.8 Å². The number of nitrogens with one attached hydrogen (secondary N) is 1. The molecule has 1 heterocycles. The van der Waals surface area contributed by atoms with Crippen molar-refractivity contribution in [1.82, 2.24) is 10.3 Å². The fourth-order valence-electron chi connectivity index (χ4n) is 3.32. The summed E-state index contributed by atoms with van der Waals surface area (Å²) in [7, 11) is 0. The van der Waals surface area contributed by atoms with E-state index in [-0.39, 0.29) is 18.4 Å². The first kappa shape index (κ1) is 19.9. The minimum absolute atomic E-state index is 0.130. The summed E-state index contributed by atoms with van der Waals surface area (Å²) in [6.07, 6.45) is 0.138. The Morgan fingerprint density at radius 3 is 2.20 bits per heavy atom. The van der Waals surface area contributed by atoms with Crippen LogP contribution in [-0.2, 0) is 11.2 Å². The number of aromatic nitrogens is 1. The Hall–Kier alpha value is -3.37. The molecule has 4 nitrogen and oxygen atoms in total. The van der Waals surface area contributed by atoms with Crippen LogP contribution in [0, 0.1) is 6.92 Å². The second-order valence-corrected chi connectivity index (χ2v) is 7.46. The van der Waals surface area contributed by atoms with Crippen LogP contribution < -0.4 is 5.32 Å². The van der Waals surface area contributed by atoms with Crippen molar-refractivity contribution < 1.29 is 9.21 Å². The van der Waals surface area contributed by atoms with Gasteiger partial charge in [0.1, 0.15) is 5.76 Å². The highest BCUT2D eigenvalue weighted by Crippen LogP contribution is 2.25. The summed E-state index contributed by atoms with van der Waals surface area (Å²) in [5.41, 5.74) is 3.47. The summed E-state index contributed by atoms with van der Waals surface area (Å²) in [4.78, 5) is 17.5. The number of oxazole rings is 1. The van der Waals surface area contributed by atoms with Crippen LogP contribution in [0.2, 0.25) is 5.02 Å². The highest BCUT2D eigenvalue weighted by molar-refractivity contribution is 6.30. The van der Waals surface area contributed by atoms with Crippen LogP contribution in [0.25, 0.3) is 11.5 Å². The molecule has 0 radical (unpaired) electrons. The quantitative estimate of drug-likeness (QED) is 0.435. The summed E-state index contributed by atoms with van der Waals surface area (Å²) in [6.45, 7) is 1.83. The monoisotopic (exact) mass is 416 g/mol. The fourth-order valence-corrected chi connectivity index (χ4v) is 3.45. The van der Waals surface area contributed by atoms with Crippen molar-refractivity contribution in [2.24, 2.45) is 0 Å². The van der Waals surface area contributed by atoms with E-state index >= 15 is 0 Å². The fraction of sp³-hybridized carbons (Fsp3) is 0.120. The van der Waals surface area contributed by atoms with Crippen LogP contribution in [0.1, 0.15) is 28.6 Å². The molecule has 4 rings (SSSR count). The minimum Gasteiger partial charge on any atom is -0.441 e. The van der Waals surface area contributed by atoms with Gasteiger partial charge in [-0.15, -0.1) is 0 Å². The van der Waals surface area contributed by atoms with Gasteiger partial charge in [0, 0.05) is 10.6 Å². The molecule has 0 aliphatic carbocycles. The molecule has 0 aliphatic rings. The van der Waals surface area contributed by atoms with Gasteiger partial charge in [0.15, 0.2) is 0 Å². The predicted octanol–water partition coefficient (Wildman–Crippen LogP) is 5.75. The van der Waals surface area contributed by atoms with E-state index < -0.39 is 0 Å². The lowest BCUT2D eigenvalue weighted by molar-refractivity contribution is -0.121. The van der Waals surface area contributed by atoms with E-state index in [9.17, 15) is 4.79 Å². The number of carbonyl (C=O) groups excluding carboxylic acids is 1. The maximum absolute atomic E-state index is 12.9. The van der Waals surface area contributed by atoms with E-state index in [1.165, 1.54) is 0 Å². The second kappa shape index (κ2) is 8.97. The van der Waals surface area contributed by atoms with Gasteiger partial charge in [-0.1, -0.05) is 72.3 Å². The van der Waals surface area contributed by atoms with Gasteiger partial charge in [-0.25, -0.2) is 4.98 Å². The molecule has 1 aromatic heterocycles. The third-order valence-electron chi connectivity index (χ3n) is 4.88. The summed E-state index contributed by atoms with van der Waals surface area (Å²) in [5.74, 6) is 1.04. The second-order valence-electron chi connectivity index (χ2n) is 7.03. The summed E-state index contributed by atoms with van der Waals surface area (Å²) < 4.78 is 5.78. The van der Waals surface area contributed by atoms with Crippen molar-refractivity contribution in [3.63, 3.8) is 0 Å². The number of hydrogen-bond acceptors (Lipinski definition) is 3. The van der Waals surface area contributed by atoms with Crippen molar-refractivity contribution in [2.75, 3.05) is 0 Å². The summed E-state index contributed by atoms with van der Waals surface area (Å²) in [6, 6.07) is 26.7. The average molecular weight is 417 g/mol. The molecule has 1 atom stereocenters. The third kappa shape index (κ3) is 4.61. The Morgan fingerprint density at radius 1 is 0.933 bits per heavy atom. The number of amides is 1. The van der Waals surface area contributed by atoms with E-state index in [1.807, 2.05) is 91.9 Å². The average Bonchev–Trinajstić information content (AvgIpc) is 3.14. The molecule has 1 N–H and O–H groups in total. The molecule has 5 heteroatoms. The molecule has 0 spiro atoms. The zero-order valence-electron chi connectivity index (χ0n) is 16.5. The van der Waals surface area contributed by atoms with E-state index in [4.69, 9.17) is 16.0 Å². The molecule has 0 saturated carbocycles. The van der Waals surface area contributed by atoms with E-state index in [2.05, 4.69) is 10.3 Å². The molecule has 1 unspecified atom stereocenters. The zero-order valence-corrected chi connectivity index (χ0v) is 17.3. The topological polar surface area (TPSA) is 55.1 Å². The van der Waals surface area contributed by atoms with E-state index in [0.717, 1.165) is 16.7 Å². The predicted molar refractivity (Wildman–Crippen MR) is 118 cm³/mol. The number of halogens is 1. The van der Waals surface area contributed by atoms with E-state index in [1.54, 1.807) is 0 Å². The van der Waals surface area contributed by atoms with Crippen LogP contribution in [0.5, 0.6) is 0 Å².